The molecule has 4 nitrogen and oxygen atoms in total. The average molecular weight is 429 g/mol. The van der Waals surface area contributed by atoms with Gasteiger partial charge >= 0.3 is 5.97 Å². The van der Waals surface area contributed by atoms with Gasteiger partial charge in [0.25, 0.3) is 0 Å². The van der Waals surface area contributed by atoms with Crippen molar-refractivity contribution in [2.45, 2.75) is 142 Å². The van der Waals surface area contributed by atoms with Crippen molar-refractivity contribution in [1.82, 2.24) is 0 Å². The van der Waals surface area contributed by atoms with Crippen molar-refractivity contribution in [3.05, 3.63) is 0 Å². The predicted molar refractivity (Wildman–Crippen MR) is 129 cm³/mol. The Bertz CT molecular complexity index is 398. The molecule has 0 amide bonds. The number of aliphatic hydroxyl groups is 1. The molecule has 0 aliphatic carbocycles. The fourth-order valence-corrected chi connectivity index (χ4v) is 4.51. The summed E-state index contributed by atoms with van der Waals surface area (Å²) in [6.45, 7) is 4.89. The minimum Gasteiger partial charge on any atom is -0.477 e. The van der Waals surface area contributed by atoms with E-state index in [2.05, 4.69) is 13.8 Å². The number of aliphatic hydroxyl groups excluding tert-OH is 1. The molecule has 0 heterocycles. The van der Waals surface area contributed by atoms with Crippen molar-refractivity contribution in [2.24, 2.45) is 0 Å². The van der Waals surface area contributed by atoms with E-state index in [9.17, 15) is 15.0 Å². The number of likely N-dealkylation sites (N-methyl/N-ethyl adjacent to an activating group) is 1. The maximum atomic E-state index is 11.6. The summed E-state index contributed by atoms with van der Waals surface area (Å²) >= 11 is 0. The number of hydrogen-bond acceptors (Lipinski definition) is 2. The number of hydrogen-bond donors (Lipinski definition) is 2. The molecule has 180 valence electrons. The molecule has 0 rings (SSSR count). The molecular formula is C26H54NO3+. The van der Waals surface area contributed by atoms with Gasteiger partial charge in [0.05, 0.1) is 14.1 Å². The second-order valence-electron chi connectivity index (χ2n) is 10.00. The molecule has 2 unspecified atom stereocenters. The monoisotopic (exact) mass is 428 g/mol. The Morgan fingerprint density at radius 1 is 0.667 bits per heavy atom. The van der Waals surface area contributed by atoms with Gasteiger partial charge in [0.1, 0.15) is 12.6 Å². The van der Waals surface area contributed by atoms with Gasteiger partial charge in [-0.2, -0.15) is 0 Å². The van der Waals surface area contributed by atoms with E-state index < -0.39 is 18.1 Å². The summed E-state index contributed by atoms with van der Waals surface area (Å²) in [5.74, 6) is -0.739. The van der Waals surface area contributed by atoms with Gasteiger partial charge in [-0.05, 0) is 12.8 Å². The number of carboxylic acids is 1. The Balaban J connectivity index is 3.68. The molecule has 0 aliphatic rings. The number of quaternary nitrogens is 1. The minimum absolute atomic E-state index is 0.370. The lowest BCUT2D eigenvalue weighted by Gasteiger charge is -2.37. The lowest BCUT2D eigenvalue weighted by Crippen LogP contribution is -2.56. The van der Waals surface area contributed by atoms with E-state index in [4.69, 9.17) is 0 Å². The summed E-state index contributed by atoms with van der Waals surface area (Å²) in [5, 5.41) is 20.0. The zero-order chi connectivity index (χ0) is 22.7. The Labute approximate surface area is 188 Å². The van der Waals surface area contributed by atoms with E-state index in [0.717, 1.165) is 25.7 Å². The van der Waals surface area contributed by atoms with Crippen LogP contribution in [0.3, 0.4) is 0 Å². The van der Waals surface area contributed by atoms with Crippen LogP contribution in [-0.2, 0) is 4.79 Å². The van der Waals surface area contributed by atoms with Crippen LogP contribution in [0.1, 0.15) is 129 Å². The average Bonchev–Trinajstić information content (AvgIpc) is 2.67. The van der Waals surface area contributed by atoms with Gasteiger partial charge in [-0.15, -0.1) is 0 Å². The second kappa shape index (κ2) is 19.1. The standard InChI is InChI=1S/C26H53NO3/c1-5-7-9-10-11-12-13-14-15-16-17-18-19-20-21-24(28)23-27(3,4)25(26(29)30)22-8-6-2/h24-25,28H,5-23H2,1-4H3/p+1. The van der Waals surface area contributed by atoms with Crippen molar-refractivity contribution >= 4 is 5.97 Å². The highest BCUT2D eigenvalue weighted by atomic mass is 16.4. The minimum atomic E-state index is -0.739. The summed E-state index contributed by atoms with van der Waals surface area (Å²) in [5.41, 5.74) is 0. The summed E-state index contributed by atoms with van der Waals surface area (Å²) in [4.78, 5) is 11.6. The normalized spacial score (nSPS) is 14.0. The highest BCUT2D eigenvalue weighted by molar-refractivity contribution is 5.72. The van der Waals surface area contributed by atoms with Gasteiger partial charge in [-0.25, -0.2) is 4.79 Å². The lowest BCUT2D eigenvalue weighted by atomic mass is 10.0. The summed E-state index contributed by atoms with van der Waals surface area (Å²) in [6, 6.07) is -0.420. The first-order chi connectivity index (χ1) is 14.3. The van der Waals surface area contributed by atoms with Crippen molar-refractivity contribution in [3.63, 3.8) is 0 Å². The third-order valence-corrected chi connectivity index (χ3v) is 6.53. The quantitative estimate of drug-likeness (QED) is 0.145. The molecule has 0 bridgehead atoms. The number of aliphatic carboxylic acids is 1. The van der Waals surface area contributed by atoms with Gasteiger partial charge in [-0.1, -0.05) is 110 Å². The Kier molecular flexibility index (Phi) is 18.7. The molecular weight excluding hydrogens is 374 g/mol. The molecule has 0 fully saturated rings. The molecule has 0 aromatic carbocycles. The molecule has 0 saturated heterocycles. The fourth-order valence-electron chi connectivity index (χ4n) is 4.51. The topological polar surface area (TPSA) is 57.5 Å². The van der Waals surface area contributed by atoms with Crippen LogP contribution in [0.15, 0.2) is 0 Å². The first-order valence-electron chi connectivity index (χ1n) is 13.1. The second-order valence-corrected chi connectivity index (χ2v) is 10.00. The Morgan fingerprint density at radius 2 is 1.07 bits per heavy atom. The van der Waals surface area contributed by atoms with E-state index in [1.165, 1.54) is 83.5 Å². The van der Waals surface area contributed by atoms with Crippen LogP contribution in [0.5, 0.6) is 0 Å². The zero-order valence-corrected chi connectivity index (χ0v) is 20.8. The smallest absolute Gasteiger partial charge is 0.362 e. The Hall–Kier alpha value is -0.610. The van der Waals surface area contributed by atoms with Gasteiger partial charge in [0.2, 0.25) is 0 Å². The summed E-state index contributed by atoms with van der Waals surface area (Å²) in [6.07, 6.45) is 21.7. The highest BCUT2D eigenvalue weighted by Crippen LogP contribution is 2.18. The number of unbranched alkanes of at least 4 members (excludes halogenated alkanes) is 14. The first-order valence-corrected chi connectivity index (χ1v) is 13.1. The molecule has 0 spiro atoms. The number of carboxylic acid groups (broad SMARTS) is 1. The summed E-state index contributed by atoms with van der Waals surface area (Å²) in [7, 11) is 3.89. The SMILES string of the molecule is CCCCCCCCCCCCCCCCC(O)C[N+](C)(C)C(CCCC)C(=O)O. The molecule has 0 saturated carbocycles. The number of rotatable bonds is 22. The largest absolute Gasteiger partial charge is 0.477 e. The third kappa shape index (κ3) is 16.1. The molecule has 2 atom stereocenters. The van der Waals surface area contributed by atoms with E-state index in [0.29, 0.717) is 17.4 Å². The van der Waals surface area contributed by atoms with Gasteiger partial charge in [-0.3, -0.25) is 0 Å². The highest BCUT2D eigenvalue weighted by Gasteiger charge is 2.35. The van der Waals surface area contributed by atoms with Crippen LogP contribution < -0.4 is 0 Å². The molecule has 2 N–H and O–H groups in total. The molecule has 30 heavy (non-hydrogen) atoms. The predicted octanol–water partition coefficient (Wildman–Crippen LogP) is 6.94. The van der Waals surface area contributed by atoms with E-state index in [1.807, 2.05) is 14.1 Å². The van der Waals surface area contributed by atoms with Crippen molar-refractivity contribution < 1.29 is 19.5 Å². The lowest BCUT2D eigenvalue weighted by molar-refractivity contribution is -0.909. The van der Waals surface area contributed by atoms with Gasteiger partial charge in [0.15, 0.2) is 6.04 Å². The first kappa shape index (κ1) is 29.4. The molecule has 0 radical (unpaired) electrons. The number of carbonyl (C=O) groups is 1. The van der Waals surface area contributed by atoms with Gasteiger partial charge < -0.3 is 14.7 Å². The van der Waals surface area contributed by atoms with Crippen LogP contribution >= 0.6 is 0 Å². The van der Waals surface area contributed by atoms with Crippen molar-refractivity contribution in [1.29, 1.82) is 0 Å². The fraction of sp³-hybridized carbons (Fsp3) is 0.962. The van der Waals surface area contributed by atoms with E-state index >= 15 is 0 Å². The van der Waals surface area contributed by atoms with Crippen LogP contribution in [0.4, 0.5) is 0 Å². The van der Waals surface area contributed by atoms with E-state index in [-0.39, 0.29) is 0 Å². The Morgan fingerprint density at radius 3 is 1.47 bits per heavy atom. The van der Waals surface area contributed by atoms with Crippen molar-refractivity contribution in [3.8, 4) is 0 Å². The van der Waals surface area contributed by atoms with Crippen molar-refractivity contribution in [2.75, 3.05) is 20.6 Å². The molecule has 0 aliphatic heterocycles. The maximum absolute atomic E-state index is 11.6. The van der Waals surface area contributed by atoms with Gasteiger partial charge in [0, 0.05) is 6.42 Å². The zero-order valence-electron chi connectivity index (χ0n) is 20.8. The molecule has 0 aromatic rings. The molecule has 0 aromatic heterocycles. The number of nitrogens with zero attached hydrogens (tertiary/aromatic N) is 1. The van der Waals surface area contributed by atoms with E-state index in [1.54, 1.807) is 0 Å². The van der Waals surface area contributed by atoms with Crippen LogP contribution in [0.2, 0.25) is 0 Å². The van der Waals surface area contributed by atoms with Crippen LogP contribution in [0.25, 0.3) is 0 Å². The summed E-state index contributed by atoms with van der Waals surface area (Å²) < 4.78 is 0.370. The van der Waals surface area contributed by atoms with Crippen LogP contribution in [0, 0.1) is 0 Å². The van der Waals surface area contributed by atoms with Crippen LogP contribution in [-0.4, -0.2) is 53.5 Å². The third-order valence-electron chi connectivity index (χ3n) is 6.53. The maximum Gasteiger partial charge on any atom is 0.362 e. The molecule has 4 heteroatoms.